The molecule has 0 N–H and O–H groups in total. The third kappa shape index (κ3) is 3.44. The molecule has 1 aromatic carbocycles. The van der Waals surface area contributed by atoms with E-state index in [1.165, 1.54) is 5.56 Å². The van der Waals surface area contributed by atoms with Gasteiger partial charge in [0, 0.05) is 44.3 Å². The highest BCUT2D eigenvalue weighted by Gasteiger charge is 2.47. The van der Waals surface area contributed by atoms with E-state index in [0.717, 1.165) is 25.4 Å². The zero-order valence-electron chi connectivity index (χ0n) is 16.0. The van der Waals surface area contributed by atoms with Crippen LogP contribution in [-0.4, -0.2) is 59.3 Å². The van der Waals surface area contributed by atoms with E-state index in [1.807, 2.05) is 30.0 Å². The number of hydrogen-bond donors (Lipinski definition) is 0. The molecule has 2 fully saturated rings. The number of hydrogen-bond acceptors (Lipinski definition) is 4. The Balaban J connectivity index is 0.00000210. The van der Waals surface area contributed by atoms with Gasteiger partial charge in [-0.05, 0) is 43.7 Å². The highest BCUT2D eigenvalue weighted by Crippen LogP contribution is 2.44. The van der Waals surface area contributed by atoms with Crippen molar-refractivity contribution in [2.45, 2.75) is 19.5 Å². The normalized spacial score (nSPS) is 24.6. The topological polar surface area (TPSA) is 50.6 Å². The first-order valence-corrected chi connectivity index (χ1v) is 9.27. The van der Waals surface area contributed by atoms with E-state index < -0.39 is 0 Å². The van der Waals surface area contributed by atoms with Crippen LogP contribution in [0, 0.1) is 11.8 Å². The first kappa shape index (κ1) is 19.7. The standard InChI is InChI=1S/C20H26N4O2.ClH/c1-4-24-18(9-10-21-24)20(25)23-12-15-11-22(2)19(17(15)13-23)14-5-7-16(26-3)8-6-14;/h5-10,15,17,19H,4,11-13H2,1-3H3;1H/t15-,17+,19+;/m0./s1. The summed E-state index contributed by atoms with van der Waals surface area (Å²) in [5.41, 5.74) is 2.00. The number of carbonyl (C=O) groups excluding carboxylic acids is 1. The van der Waals surface area contributed by atoms with E-state index in [-0.39, 0.29) is 18.3 Å². The largest absolute Gasteiger partial charge is 0.497 e. The van der Waals surface area contributed by atoms with Crippen LogP contribution in [-0.2, 0) is 6.54 Å². The predicted molar refractivity (Wildman–Crippen MR) is 106 cm³/mol. The Labute approximate surface area is 166 Å². The molecule has 146 valence electrons. The lowest BCUT2D eigenvalue weighted by Crippen LogP contribution is -2.34. The molecule has 3 heterocycles. The van der Waals surface area contributed by atoms with Gasteiger partial charge < -0.3 is 9.64 Å². The maximum absolute atomic E-state index is 13.0. The van der Waals surface area contributed by atoms with Gasteiger partial charge >= 0.3 is 0 Å². The van der Waals surface area contributed by atoms with Gasteiger partial charge in [-0.3, -0.25) is 14.4 Å². The Morgan fingerprint density at radius 3 is 2.59 bits per heavy atom. The number of methoxy groups -OCH3 is 1. The molecule has 7 heteroatoms. The minimum absolute atomic E-state index is 0. The van der Waals surface area contributed by atoms with Gasteiger partial charge in [-0.25, -0.2) is 0 Å². The third-order valence-corrected chi connectivity index (χ3v) is 5.87. The summed E-state index contributed by atoms with van der Waals surface area (Å²) in [6.45, 7) is 5.39. The fourth-order valence-electron chi connectivity index (χ4n) is 4.65. The van der Waals surface area contributed by atoms with Crippen LogP contribution >= 0.6 is 12.4 Å². The second kappa shape index (κ2) is 7.90. The molecule has 0 spiro atoms. The quantitative estimate of drug-likeness (QED) is 0.805. The minimum atomic E-state index is 0. The molecule has 2 aliphatic rings. The highest BCUT2D eigenvalue weighted by atomic mass is 35.5. The lowest BCUT2D eigenvalue weighted by Gasteiger charge is -2.27. The highest BCUT2D eigenvalue weighted by molar-refractivity contribution is 5.92. The second-order valence-electron chi connectivity index (χ2n) is 7.32. The molecule has 0 saturated carbocycles. The SMILES string of the molecule is CCn1nccc1C(=O)N1C[C@@H]2CN(C)[C@H](c3ccc(OC)cc3)[C@@H]2C1.Cl. The molecular weight excluding hydrogens is 364 g/mol. The summed E-state index contributed by atoms with van der Waals surface area (Å²) in [7, 11) is 3.87. The van der Waals surface area contributed by atoms with Crippen molar-refractivity contribution >= 4 is 18.3 Å². The Bertz CT molecular complexity index is 792. The summed E-state index contributed by atoms with van der Waals surface area (Å²) < 4.78 is 7.06. The van der Waals surface area contributed by atoms with Crippen molar-refractivity contribution in [3.8, 4) is 5.75 Å². The first-order valence-electron chi connectivity index (χ1n) is 9.27. The molecule has 27 heavy (non-hydrogen) atoms. The van der Waals surface area contributed by atoms with Gasteiger partial charge in [0.15, 0.2) is 0 Å². The van der Waals surface area contributed by atoms with Crippen molar-refractivity contribution in [3.05, 3.63) is 47.8 Å². The average molecular weight is 391 g/mol. The Kier molecular flexibility index (Phi) is 5.77. The van der Waals surface area contributed by atoms with Crippen LogP contribution in [0.1, 0.15) is 29.0 Å². The number of nitrogens with zero attached hydrogens (tertiary/aromatic N) is 4. The van der Waals surface area contributed by atoms with E-state index in [0.29, 0.717) is 30.1 Å². The molecule has 1 aromatic heterocycles. The number of amides is 1. The number of halogens is 1. The molecule has 0 unspecified atom stereocenters. The molecule has 1 amide bonds. The summed E-state index contributed by atoms with van der Waals surface area (Å²) in [6, 6.07) is 10.5. The van der Waals surface area contributed by atoms with Crippen LogP contribution < -0.4 is 4.74 Å². The van der Waals surface area contributed by atoms with Crippen LogP contribution in [0.5, 0.6) is 5.75 Å². The van der Waals surface area contributed by atoms with Crippen molar-refractivity contribution in [1.82, 2.24) is 19.6 Å². The van der Waals surface area contributed by atoms with Gasteiger partial charge in [0.1, 0.15) is 11.4 Å². The van der Waals surface area contributed by atoms with Gasteiger partial charge in [-0.1, -0.05) is 12.1 Å². The van der Waals surface area contributed by atoms with Gasteiger partial charge in [-0.15, -0.1) is 12.4 Å². The maximum atomic E-state index is 13.0. The number of aryl methyl sites for hydroxylation is 1. The first-order chi connectivity index (χ1) is 12.6. The summed E-state index contributed by atoms with van der Waals surface area (Å²) >= 11 is 0. The molecule has 4 rings (SSSR count). The molecule has 0 bridgehead atoms. The van der Waals surface area contributed by atoms with E-state index in [4.69, 9.17) is 4.74 Å². The van der Waals surface area contributed by atoms with Crippen molar-refractivity contribution in [2.24, 2.45) is 11.8 Å². The molecule has 2 aromatic rings. The molecular formula is C20H27ClN4O2. The van der Waals surface area contributed by atoms with E-state index in [1.54, 1.807) is 18.0 Å². The lowest BCUT2D eigenvalue weighted by atomic mass is 9.89. The lowest BCUT2D eigenvalue weighted by molar-refractivity contribution is 0.0755. The fraction of sp³-hybridized carbons (Fsp3) is 0.500. The average Bonchev–Trinajstić information content (AvgIpc) is 3.35. The zero-order chi connectivity index (χ0) is 18.3. The van der Waals surface area contributed by atoms with Crippen LogP contribution in [0.4, 0.5) is 0 Å². The molecule has 6 nitrogen and oxygen atoms in total. The van der Waals surface area contributed by atoms with Crippen LogP contribution in [0.25, 0.3) is 0 Å². The van der Waals surface area contributed by atoms with Crippen LogP contribution in [0.2, 0.25) is 0 Å². The molecule has 0 aliphatic carbocycles. The summed E-state index contributed by atoms with van der Waals surface area (Å²) in [6.07, 6.45) is 1.71. The van der Waals surface area contributed by atoms with E-state index in [2.05, 4.69) is 29.2 Å². The van der Waals surface area contributed by atoms with E-state index in [9.17, 15) is 4.79 Å². The maximum Gasteiger partial charge on any atom is 0.272 e. The van der Waals surface area contributed by atoms with Gasteiger partial charge in [0.05, 0.1) is 7.11 Å². The van der Waals surface area contributed by atoms with Crippen LogP contribution in [0.3, 0.4) is 0 Å². The Hall–Kier alpha value is -2.05. The number of likely N-dealkylation sites (tertiary alicyclic amines) is 2. The van der Waals surface area contributed by atoms with Gasteiger partial charge in [-0.2, -0.15) is 5.10 Å². The summed E-state index contributed by atoms with van der Waals surface area (Å²) in [4.78, 5) is 17.4. The minimum Gasteiger partial charge on any atom is -0.497 e. The summed E-state index contributed by atoms with van der Waals surface area (Å²) in [5, 5.41) is 4.24. The number of ether oxygens (including phenoxy) is 1. The number of aromatic nitrogens is 2. The zero-order valence-corrected chi connectivity index (χ0v) is 16.9. The van der Waals surface area contributed by atoms with Gasteiger partial charge in [0.25, 0.3) is 5.91 Å². The van der Waals surface area contributed by atoms with Crippen LogP contribution in [0.15, 0.2) is 36.5 Å². The van der Waals surface area contributed by atoms with Crippen molar-refractivity contribution < 1.29 is 9.53 Å². The monoisotopic (exact) mass is 390 g/mol. The molecule has 2 aliphatic heterocycles. The summed E-state index contributed by atoms with van der Waals surface area (Å²) in [5.74, 6) is 1.97. The Morgan fingerprint density at radius 2 is 1.93 bits per heavy atom. The second-order valence-corrected chi connectivity index (χ2v) is 7.32. The smallest absolute Gasteiger partial charge is 0.272 e. The number of benzene rings is 1. The molecule has 3 atom stereocenters. The molecule has 2 saturated heterocycles. The number of fused-ring (bicyclic) bond motifs is 1. The van der Waals surface area contributed by atoms with Crippen molar-refractivity contribution in [3.63, 3.8) is 0 Å². The van der Waals surface area contributed by atoms with E-state index >= 15 is 0 Å². The fourth-order valence-corrected chi connectivity index (χ4v) is 4.65. The Morgan fingerprint density at radius 1 is 1.19 bits per heavy atom. The number of rotatable bonds is 4. The molecule has 0 radical (unpaired) electrons. The third-order valence-electron chi connectivity index (χ3n) is 5.87. The predicted octanol–water partition coefficient (Wildman–Crippen LogP) is 2.71. The van der Waals surface area contributed by atoms with Crippen molar-refractivity contribution in [2.75, 3.05) is 33.8 Å². The van der Waals surface area contributed by atoms with Crippen molar-refractivity contribution in [1.29, 1.82) is 0 Å². The number of carbonyl (C=O) groups is 1. The van der Waals surface area contributed by atoms with Gasteiger partial charge in [0.2, 0.25) is 0 Å².